The summed E-state index contributed by atoms with van der Waals surface area (Å²) in [5.41, 5.74) is 15.7. The van der Waals surface area contributed by atoms with E-state index in [2.05, 4.69) is 168 Å². The number of benzene rings is 6. The molecule has 0 saturated heterocycles. The Morgan fingerprint density at radius 2 is 1.20 bits per heavy atom. The summed E-state index contributed by atoms with van der Waals surface area (Å²) < 4.78 is 0. The van der Waals surface area contributed by atoms with Crippen LogP contribution in [0.25, 0.3) is 55.4 Å². The second kappa shape index (κ2) is 11.9. The zero-order valence-corrected chi connectivity index (χ0v) is 29.3. The van der Waals surface area contributed by atoms with Crippen molar-refractivity contribution in [3.63, 3.8) is 0 Å². The van der Waals surface area contributed by atoms with Gasteiger partial charge in [-0.2, -0.15) is 0 Å². The summed E-state index contributed by atoms with van der Waals surface area (Å²) in [5.74, 6) is 0.847. The van der Waals surface area contributed by atoms with Crippen molar-refractivity contribution in [3.8, 4) is 44.6 Å². The van der Waals surface area contributed by atoms with Crippen LogP contribution in [0.15, 0.2) is 195 Å². The average Bonchev–Trinajstić information content (AvgIpc) is 3.54. The number of rotatable bonds is 5. The molecule has 3 aromatic heterocycles. The number of hydrogen-bond donors (Lipinski definition) is 0. The Balaban J connectivity index is 1.26. The first kappa shape index (κ1) is 30.5. The molecule has 0 saturated carbocycles. The lowest BCUT2D eigenvalue weighted by atomic mass is 9.67. The van der Waals surface area contributed by atoms with E-state index in [1.807, 2.05) is 36.9 Å². The molecular weight excluding hydrogens is 657 g/mol. The molecule has 4 heterocycles. The molecule has 252 valence electrons. The maximum Gasteiger partial charge on any atom is 0.138 e. The number of aromatic nitrogens is 3. The van der Waals surface area contributed by atoms with Crippen LogP contribution >= 0.6 is 0 Å². The lowest BCUT2D eigenvalue weighted by Gasteiger charge is -2.37. The fourth-order valence-corrected chi connectivity index (χ4v) is 9.05. The molecule has 0 N–H and O–H groups in total. The highest BCUT2D eigenvalue weighted by atomic mass is 15.2. The summed E-state index contributed by atoms with van der Waals surface area (Å²) in [7, 11) is 0. The molecule has 4 nitrogen and oxygen atoms in total. The normalized spacial score (nSPS) is 13.3. The van der Waals surface area contributed by atoms with E-state index in [1.165, 1.54) is 49.9 Å². The van der Waals surface area contributed by atoms with Gasteiger partial charge in [0.2, 0.25) is 0 Å². The van der Waals surface area contributed by atoms with Crippen molar-refractivity contribution < 1.29 is 0 Å². The first-order valence-corrected chi connectivity index (χ1v) is 18.3. The van der Waals surface area contributed by atoms with Gasteiger partial charge >= 0.3 is 0 Å². The van der Waals surface area contributed by atoms with Crippen LogP contribution in [0, 0.1) is 0 Å². The van der Waals surface area contributed by atoms with Crippen LogP contribution in [0.1, 0.15) is 22.3 Å². The fourth-order valence-electron chi connectivity index (χ4n) is 9.05. The first-order chi connectivity index (χ1) is 26.8. The van der Waals surface area contributed by atoms with E-state index in [1.54, 1.807) is 0 Å². The summed E-state index contributed by atoms with van der Waals surface area (Å²) >= 11 is 0. The molecule has 0 spiro atoms. The molecular formula is C50H32N4. The van der Waals surface area contributed by atoms with E-state index in [0.717, 1.165) is 45.0 Å². The van der Waals surface area contributed by atoms with Gasteiger partial charge in [-0.05, 0) is 98.4 Å². The highest BCUT2D eigenvalue weighted by Gasteiger charge is 2.47. The van der Waals surface area contributed by atoms with Gasteiger partial charge in [0, 0.05) is 46.9 Å². The van der Waals surface area contributed by atoms with E-state index in [-0.39, 0.29) is 0 Å². The maximum absolute atomic E-state index is 5.11. The zero-order chi connectivity index (χ0) is 35.6. The predicted molar refractivity (Wildman–Crippen MR) is 219 cm³/mol. The highest BCUT2D eigenvalue weighted by molar-refractivity contribution is 6.18. The van der Waals surface area contributed by atoms with Gasteiger partial charge in [0.15, 0.2) is 0 Å². The van der Waals surface area contributed by atoms with Crippen molar-refractivity contribution in [2.45, 2.75) is 5.41 Å². The third-order valence-electron chi connectivity index (χ3n) is 11.3. The molecule has 0 atom stereocenters. The van der Waals surface area contributed by atoms with Gasteiger partial charge in [-0.15, -0.1) is 0 Å². The molecule has 0 unspecified atom stereocenters. The molecule has 0 amide bonds. The van der Waals surface area contributed by atoms with Crippen LogP contribution in [-0.4, -0.2) is 15.0 Å². The second-order valence-electron chi connectivity index (χ2n) is 14.0. The van der Waals surface area contributed by atoms with E-state index in [0.29, 0.717) is 0 Å². The van der Waals surface area contributed by atoms with Gasteiger partial charge < -0.3 is 0 Å². The molecule has 0 radical (unpaired) electrons. The monoisotopic (exact) mass is 688 g/mol. The summed E-state index contributed by atoms with van der Waals surface area (Å²) in [5, 5.41) is 2.34. The number of pyridine rings is 3. The maximum atomic E-state index is 5.11. The van der Waals surface area contributed by atoms with Gasteiger partial charge in [-0.3, -0.25) is 14.9 Å². The smallest absolute Gasteiger partial charge is 0.138 e. The molecule has 54 heavy (non-hydrogen) atoms. The predicted octanol–water partition coefficient (Wildman–Crippen LogP) is 12.2. The van der Waals surface area contributed by atoms with Crippen molar-refractivity contribution in [1.29, 1.82) is 0 Å². The van der Waals surface area contributed by atoms with Crippen LogP contribution in [0.5, 0.6) is 0 Å². The van der Waals surface area contributed by atoms with Gasteiger partial charge in [-0.1, -0.05) is 121 Å². The highest BCUT2D eigenvalue weighted by Crippen LogP contribution is 2.61. The number of anilines is 3. The number of nitrogens with zero attached hydrogens (tertiary/aromatic N) is 4. The Morgan fingerprint density at radius 1 is 0.426 bits per heavy atom. The molecule has 0 fully saturated rings. The van der Waals surface area contributed by atoms with Crippen LogP contribution in [0.2, 0.25) is 0 Å². The molecule has 4 heteroatoms. The van der Waals surface area contributed by atoms with Gasteiger partial charge in [-0.25, -0.2) is 4.98 Å². The fraction of sp³-hybridized carbons (Fsp3) is 0.0200. The Hall–Kier alpha value is -7.17. The van der Waals surface area contributed by atoms with E-state index < -0.39 is 5.41 Å². The minimum atomic E-state index is -0.532. The summed E-state index contributed by atoms with van der Waals surface area (Å²) in [6.07, 6.45) is 7.51. The second-order valence-corrected chi connectivity index (χ2v) is 14.0. The molecule has 1 aliphatic heterocycles. The molecule has 0 bridgehead atoms. The van der Waals surface area contributed by atoms with Crippen molar-refractivity contribution >= 4 is 28.0 Å². The van der Waals surface area contributed by atoms with Crippen molar-refractivity contribution in [1.82, 2.24) is 15.0 Å². The average molecular weight is 689 g/mol. The largest absolute Gasteiger partial charge is 0.294 e. The third kappa shape index (κ3) is 4.34. The molecule has 9 aromatic rings. The third-order valence-corrected chi connectivity index (χ3v) is 11.3. The van der Waals surface area contributed by atoms with Gasteiger partial charge in [0.25, 0.3) is 0 Å². The molecule has 6 aromatic carbocycles. The van der Waals surface area contributed by atoms with Crippen LogP contribution < -0.4 is 4.90 Å². The topological polar surface area (TPSA) is 41.9 Å². The minimum Gasteiger partial charge on any atom is -0.294 e. The SMILES string of the molecule is c1ccc(C2(c3ccccc3)c3ccccc3-c3cc4c(cc32)N(c2cc(-c3cccnc3)ccn2)c2ccc(-c3ccccn3)c3cccc-4c23)cc1. The van der Waals surface area contributed by atoms with Crippen LogP contribution in [0.4, 0.5) is 17.2 Å². The summed E-state index contributed by atoms with van der Waals surface area (Å²) in [6, 6.07) is 61.5. The summed E-state index contributed by atoms with van der Waals surface area (Å²) in [4.78, 5) is 16.7. The lowest BCUT2D eigenvalue weighted by Crippen LogP contribution is -2.29. The minimum absolute atomic E-state index is 0.532. The van der Waals surface area contributed by atoms with E-state index in [9.17, 15) is 0 Å². The summed E-state index contributed by atoms with van der Waals surface area (Å²) in [6.45, 7) is 0. The van der Waals surface area contributed by atoms with Gasteiger partial charge in [0.05, 0.1) is 22.5 Å². The van der Waals surface area contributed by atoms with Crippen molar-refractivity contribution in [2.75, 3.05) is 4.90 Å². The van der Waals surface area contributed by atoms with Crippen LogP contribution in [-0.2, 0) is 5.41 Å². The Bertz CT molecular complexity index is 2830. The van der Waals surface area contributed by atoms with Crippen molar-refractivity contribution in [2.24, 2.45) is 0 Å². The lowest BCUT2D eigenvalue weighted by molar-refractivity contribution is 0.768. The quantitative estimate of drug-likeness (QED) is 0.180. The first-order valence-electron chi connectivity index (χ1n) is 18.3. The van der Waals surface area contributed by atoms with E-state index in [4.69, 9.17) is 9.97 Å². The Kier molecular flexibility index (Phi) is 6.73. The van der Waals surface area contributed by atoms with Gasteiger partial charge in [0.1, 0.15) is 5.82 Å². The van der Waals surface area contributed by atoms with Crippen LogP contribution in [0.3, 0.4) is 0 Å². The number of hydrogen-bond acceptors (Lipinski definition) is 4. The zero-order valence-electron chi connectivity index (χ0n) is 29.3. The Labute approximate surface area is 313 Å². The standard InChI is InChI=1S/C50H32N4/c1-3-14-35(15-4-1)50(36-16-5-2-6-17-36)43-21-8-7-18-37(43)41-30-42-40-20-11-19-39-38(45-22-9-10-27-52-45)23-24-46(49(39)40)54(47(42)31-44(41)50)48-29-33(25-28-53-48)34-13-12-26-51-32-34/h1-32H. The number of fused-ring (bicyclic) bond motifs is 5. The molecule has 1 aliphatic carbocycles. The van der Waals surface area contributed by atoms with E-state index >= 15 is 0 Å². The van der Waals surface area contributed by atoms with Crippen molar-refractivity contribution in [3.05, 3.63) is 217 Å². The molecule has 2 aliphatic rings. The Morgan fingerprint density at radius 3 is 1.98 bits per heavy atom. The molecule has 11 rings (SSSR count).